The van der Waals surface area contributed by atoms with E-state index in [0.717, 1.165) is 10.4 Å². The summed E-state index contributed by atoms with van der Waals surface area (Å²) in [5.41, 5.74) is 7.02. The van der Waals surface area contributed by atoms with Gasteiger partial charge in [0.15, 0.2) is 0 Å². The summed E-state index contributed by atoms with van der Waals surface area (Å²) in [5, 5.41) is 21.4. The molecular formula is C37H41BO4S. The van der Waals surface area contributed by atoms with Gasteiger partial charge in [0, 0.05) is 16.9 Å². The summed E-state index contributed by atoms with van der Waals surface area (Å²) in [5.74, 6) is 0. The van der Waals surface area contributed by atoms with Crippen molar-refractivity contribution >= 4 is 25.0 Å². The largest absolute Gasteiger partial charge is 0.427 e. The lowest BCUT2D eigenvalue weighted by atomic mass is 9.69. The van der Waals surface area contributed by atoms with Crippen LogP contribution in [0.1, 0.15) is 77.6 Å². The fourth-order valence-corrected chi connectivity index (χ4v) is 6.80. The average molecular weight is 593 g/mol. The van der Waals surface area contributed by atoms with Gasteiger partial charge in [0.05, 0.1) is 22.2 Å². The predicted molar refractivity (Wildman–Crippen MR) is 178 cm³/mol. The molecule has 4 aromatic carbocycles. The molecule has 2 aliphatic carbocycles. The molecule has 0 heterocycles. The maximum atomic E-state index is 10.7. The van der Waals surface area contributed by atoms with Gasteiger partial charge in [-0.2, -0.15) is 0 Å². The van der Waals surface area contributed by atoms with Gasteiger partial charge in [0.1, 0.15) is 5.60 Å². The first-order valence-corrected chi connectivity index (χ1v) is 15.7. The van der Waals surface area contributed by atoms with Gasteiger partial charge in [0.2, 0.25) is 0 Å². The minimum absolute atomic E-state index is 0.390. The van der Waals surface area contributed by atoms with E-state index >= 15 is 0 Å². The summed E-state index contributed by atoms with van der Waals surface area (Å²) >= 11 is 1.32. The molecule has 4 aromatic rings. The van der Waals surface area contributed by atoms with Crippen LogP contribution in [0, 0.1) is 0 Å². The van der Waals surface area contributed by atoms with Crippen molar-refractivity contribution in [1.29, 1.82) is 0 Å². The molecular weight excluding hydrogens is 551 g/mol. The maximum absolute atomic E-state index is 10.7. The lowest BCUT2D eigenvalue weighted by molar-refractivity contribution is -0.0893. The third-order valence-corrected chi connectivity index (χ3v) is 11.0. The highest BCUT2D eigenvalue weighted by Gasteiger charge is 2.52. The normalized spacial score (nSPS) is 17.4. The van der Waals surface area contributed by atoms with Crippen LogP contribution in [-0.2, 0) is 14.3 Å². The van der Waals surface area contributed by atoms with Crippen LogP contribution in [0.3, 0.4) is 0 Å². The van der Waals surface area contributed by atoms with Crippen LogP contribution >= 0.6 is 12.0 Å². The Morgan fingerprint density at radius 2 is 1.07 bits per heavy atom. The Morgan fingerprint density at radius 3 is 1.63 bits per heavy atom. The van der Waals surface area contributed by atoms with Gasteiger partial charge >= 0.3 is 7.48 Å². The van der Waals surface area contributed by atoms with Gasteiger partial charge in [-0.25, -0.2) is 0 Å². The topological polar surface area (TPSA) is 58.9 Å². The number of hydrogen-bond donors (Lipinski definition) is 2. The number of benzene rings is 4. The molecule has 0 fully saturated rings. The third-order valence-electron chi connectivity index (χ3n) is 10.0. The summed E-state index contributed by atoms with van der Waals surface area (Å²) in [6.07, 6.45) is 0. The first kappa shape index (κ1) is 30.2. The molecule has 0 aliphatic heterocycles. The lowest BCUT2D eigenvalue weighted by Crippen LogP contribution is -2.49. The Balaban J connectivity index is 1.52. The van der Waals surface area contributed by atoms with Crippen molar-refractivity contribution in [3.05, 3.63) is 107 Å². The second-order valence-corrected chi connectivity index (χ2v) is 14.8. The van der Waals surface area contributed by atoms with Crippen LogP contribution < -0.4 is 5.46 Å². The van der Waals surface area contributed by atoms with E-state index in [1.807, 2.05) is 27.7 Å². The summed E-state index contributed by atoms with van der Waals surface area (Å²) in [6.45, 7) is 14.8. The molecule has 0 aromatic heterocycles. The first-order chi connectivity index (χ1) is 20.1. The molecule has 1 spiro atoms. The summed E-state index contributed by atoms with van der Waals surface area (Å²) in [4.78, 5) is 0.987. The SMILES string of the molecule is CC(C)(O)C(C)(C)OBc1ccc2c(c1)C1(c3ccccc3-2)c2ccccc2-c2ccc(SOC(C)(C)C(C)(C)O)cc21. The van der Waals surface area contributed by atoms with Gasteiger partial charge in [-0.05, 0) is 112 Å². The highest BCUT2D eigenvalue weighted by atomic mass is 32.2. The van der Waals surface area contributed by atoms with Crippen molar-refractivity contribution in [2.45, 2.75) is 88.1 Å². The highest BCUT2D eigenvalue weighted by Crippen LogP contribution is 2.62. The first-order valence-electron chi connectivity index (χ1n) is 15.0. The summed E-state index contributed by atoms with van der Waals surface area (Å²) < 4.78 is 12.6. The zero-order chi connectivity index (χ0) is 31.0. The van der Waals surface area contributed by atoms with Crippen LogP contribution in [0.2, 0.25) is 0 Å². The highest BCUT2D eigenvalue weighted by molar-refractivity contribution is 7.94. The Labute approximate surface area is 261 Å². The summed E-state index contributed by atoms with van der Waals surface area (Å²) in [6, 6.07) is 30.8. The predicted octanol–water partition coefficient (Wildman–Crippen LogP) is 7.15. The quantitative estimate of drug-likeness (QED) is 0.145. The van der Waals surface area contributed by atoms with E-state index in [2.05, 4.69) is 84.9 Å². The van der Waals surface area contributed by atoms with E-state index in [4.69, 9.17) is 8.84 Å². The van der Waals surface area contributed by atoms with Gasteiger partial charge in [-0.3, -0.25) is 0 Å². The Hall–Kier alpha value is -2.87. The maximum Gasteiger partial charge on any atom is 0.309 e. The average Bonchev–Trinajstić information content (AvgIpc) is 3.40. The Bertz CT molecular complexity index is 1580. The van der Waals surface area contributed by atoms with Crippen LogP contribution in [-0.4, -0.2) is 40.1 Å². The zero-order valence-electron chi connectivity index (χ0n) is 26.4. The molecule has 2 aliphatic rings. The molecule has 4 nitrogen and oxygen atoms in total. The van der Waals surface area contributed by atoms with Gasteiger partial charge in [-0.15, -0.1) is 0 Å². The molecule has 0 saturated carbocycles. The molecule has 0 amide bonds. The molecule has 0 bridgehead atoms. The van der Waals surface area contributed by atoms with Crippen LogP contribution in [0.25, 0.3) is 22.3 Å². The van der Waals surface area contributed by atoms with Gasteiger partial charge in [-0.1, -0.05) is 78.3 Å². The minimum atomic E-state index is -1.00. The molecule has 1 atom stereocenters. The van der Waals surface area contributed by atoms with E-state index in [0.29, 0.717) is 7.48 Å². The molecule has 6 heteroatoms. The van der Waals surface area contributed by atoms with Crippen LogP contribution in [0.15, 0.2) is 89.8 Å². The van der Waals surface area contributed by atoms with E-state index in [1.54, 1.807) is 27.7 Å². The van der Waals surface area contributed by atoms with E-state index in [1.165, 1.54) is 56.6 Å². The van der Waals surface area contributed by atoms with Crippen molar-refractivity contribution in [2.24, 2.45) is 0 Å². The zero-order valence-corrected chi connectivity index (χ0v) is 27.2. The van der Waals surface area contributed by atoms with Gasteiger partial charge < -0.3 is 19.1 Å². The van der Waals surface area contributed by atoms with Crippen molar-refractivity contribution in [3.8, 4) is 22.3 Å². The monoisotopic (exact) mass is 592 g/mol. The van der Waals surface area contributed by atoms with Crippen molar-refractivity contribution in [1.82, 2.24) is 0 Å². The molecule has 43 heavy (non-hydrogen) atoms. The second-order valence-electron chi connectivity index (χ2n) is 14.0. The molecule has 2 N–H and O–H groups in total. The Kier molecular flexibility index (Phi) is 7.07. The van der Waals surface area contributed by atoms with E-state index < -0.39 is 27.8 Å². The standard InChI is InChI=1S/C37H41BO4S/c1-33(2,39)35(5,6)41-38-23-17-19-27-25-13-9-11-15-29(25)37(31(27)21-23)30-16-12-10-14-26(30)28-20-18-24(22-32(28)37)43-42-36(7,8)34(3,4)40/h9-22,38-40H,1-8H3. The number of fused-ring (bicyclic) bond motifs is 10. The smallest absolute Gasteiger partial charge is 0.309 e. The van der Waals surface area contributed by atoms with Crippen LogP contribution in [0.5, 0.6) is 0 Å². The lowest BCUT2D eigenvalue weighted by Gasteiger charge is -2.37. The van der Waals surface area contributed by atoms with E-state index in [9.17, 15) is 10.2 Å². The molecule has 1 unspecified atom stereocenters. The molecule has 222 valence electrons. The van der Waals surface area contributed by atoms with Crippen molar-refractivity contribution in [2.75, 3.05) is 0 Å². The minimum Gasteiger partial charge on any atom is -0.427 e. The van der Waals surface area contributed by atoms with Crippen molar-refractivity contribution in [3.63, 3.8) is 0 Å². The second kappa shape index (κ2) is 10.1. The fourth-order valence-electron chi connectivity index (χ4n) is 6.00. The number of rotatable bonds is 8. The van der Waals surface area contributed by atoms with Crippen molar-refractivity contribution < 1.29 is 19.1 Å². The molecule has 0 saturated heterocycles. The molecule has 0 radical (unpaired) electrons. The third kappa shape index (κ3) is 4.70. The van der Waals surface area contributed by atoms with Crippen LogP contribution in [0.4, 0.5) is 0 Å². The molecule has 6 rings (SSSR count). The Morgan fingerprint density at radius 1 is 0.581 bits per heavy atom. The number of hydrogen-bond acceptors (Lipinski definition) is 5. The fraction of sp³-hybridized carbons (Fsp3) is 0.351. The van der Waals surface area contributed by atoms with Gasteiger partial charge in [0.25, 0.3) is 0 Å². The number of aliphatic hydroxyl groups is 2. The van der Waals surface area contributed by atoms with E-state index in [-0.39, 0.29) is 0 Å². The summed E-state index contributed by atoms with van der Waals surface area (Å²) in [7, 11) is 0.390.